The highest BCUT2D eigenvalue weighted by Crippen LogP contribution is 2.29. The number of benzene rings is 2. The first kappa shape index (κ1) is 13.8. The molecule has 0 amide bonds. The van der Waals surface area contributed by atoms with Crippen LogP contribution in [-0.2, 0) is 12.3 Å². The molecule has 0 fully saturated rings. The lowest BCUT2D eigenvalue weighted by Crippen LogP contribution is -1.96. The lowest BCUT2D eigenvalue weighted by atomic mass is 10.1. The van der Waals surface area contributed by atoms with E-state index in [-0.39, 0.29) is 0 Å². The van der Waals surface area contributed by atoms with E-state index in [1.54, 1.807) is 11.8 Å². The molecule has 2 aromatic rings. The fourth-order valence-electron chi connectivity index (χ4n) is 1.58. The molecule has 2 N–H and O–H groups in total. The second-order valence-electron chi connectivity index (χ2n) is 3.89. The summed E-state index contributed by atoms with van der Waals surface area (Å²) in [6.07, 6.45) is 0. The molecule has 0 aromatic heterocycles. The minimum Gasteiger partial charge on any atom is -0.326 e. The van der Waals surface area contributed by atoms with Crippen LogP contribution in [-0.4, -0.2) is 0 Å². The highest BCUT2D eigenvalue weighted by Gasteiger charge is 2.01. The van der Waals surface area contributed by atoms with Crippen molar-refractivity contribution in [1.29, 1.82) is 0 Å². The quantitative estimate of drug-likeness (QED) is 0.825. The van der Waals surface area contributed by atoms with Crippen molar-refractivity contribution < 1.29 is 0 Å². The van der Waals surface area contributed by atoms with Crippen molar-refractivity contribution in [2.75, 3.05) is 0 Å². The average Bonchev–Trinajstić information content (AvgIpc) is 2.40. The average molecular weight is 298 g/mol. The van der Waals surface area contributed by atoms with Crippen LogP contribution in [0.3, 0.4) is 0 Å². The van der Waals surface area contributed by atoms with Gasteiger partial charge in [0.15, 0.2) is 0 Å². The Bertz CT molecular complexity index is 543. The number of hydrogen-bond donors (Lipinski definition) is 1. The molecule has 18 heavy (non-hydrogen) atoms. The lowest BCUT2D eigenvalue weighted by molar-refractivity contribution is 1.06. The van der Waals surface area contributed by atoms with E-state index in [2.05, 4.69) is 12.1 Å². The Labute approximate surface area is 121 Å². The smallest absolute Gasteiger partial charge is 0.0603 e. The molecule has 0 aliphatic carbocycles. The van der Waals surface area contributed by atoms with E-state index in [1.807, 2.05) is 30.3 Å². The van der Waals surface area contributed by atoms with Gasteiger partial charge in [-0.2, -0.15) is 0 Å². The van der Waals surface area contributed by atoms with Crippen molar-refractivity contribution in [3.05, 3.63) is 63.6 Å². The van der Waals surface area contributed by atoms with Gasteiger partial charge < -0.3 is 5.73 Å². The molecule has 0 unspecified atom stereocenters. The number of halogens is 2. The van der Waals surface area contributed by atoms with Gasteiger partial charge in [-0.25, -0.2) is 0 Å². The maximum absolute atomic E-state index is 5.98. The number of hydrogen-bond acceptors (Lipinski definition) is 2. The van der Waals surface area contributed by atoms with E-state index in [4.69, 9.17) is 28.9 Å². The van der Waals surface area contributed by atoms with Crippen LogP contribution in [0.5, 0.6) is 0 Å². The van der Waals surface area contributed by atoms with Crippen molar-refractivity contribution in [3.8, 4) is 0 Å². The zero-order chi connectivity index (χ0) is 13.0. The van der Waals surface area contributed by atoms with E-state index in [0.29, 0.717) is 16.6 Å². The molecule has 0 heterocycles. The van der Waals surface area contributed by atoms with Crippen LogP contribution in [0.1, 0.15) is 11.1 Å². The maximum atomic E-state index is 5.98. The molecule has 0 saturated heterocycles. The molecule has 0 bridgehead atoms. The van der Waals surface area contributed by atoms with Gasteiger partial charge in [-0.3, -0.25) is 0 Å². The van der Waals surface area contributed by atoms with Crippen molar-refractivity contribution >= 4 is 35.0 Å². The van der Waals surface area contributed by atoms with Crippen LogP contribution in [0.2, 0.25) is 10.0 Å². The van der Waals surface area contributed by atoms with E-state index >= 15 is 0 Å². The molecule has 2 aromatic carbocycles. The van der Waals surface area contributed by atoms with Crippen molar-refractivity contribution in [2.45, 2.75) is 17.2 Å². The van der Waals surface area contributed by atoms with Gasteiger partial charge in [0.1, 0.15) is 0 Å². The van der Waals surface area contributed by atoms with Gasteiger partial charge in [-0.1, -0.05) is 47.5 Å². The Morgan fingerprint density at radius 2 is 1.72 bits per heavy atom. The number of nitrogens with two attached hydrogens (primary N) is 1. The zero-order valence-corrected chi connectivity index (χ0v) is 12.0. The monoisotopic (exact) mass is 297 g/mol. The summed E-state index contributed by atoms with van der Waals surface area (Å²) < 4.78 is 0. The van der Waals surface area contributed by atoms with Gasteiger partial charge in [-0.05, 0) is 29.3 Å². The molecule has 0 aliphatic heterocycles. The first-order valence-corrected chi connectivity index (χ1v) is 7.29. The molecule has 0 atom stereocenters. The van der Waals surface area contributed by atoms with Gasteiger partial charge in [0.2, 0.25) is 0 Å². The van der Waals surface area contributed by atoms with E-state index < -0.39 is 0 Å². The van der Waals surface area contributed by atoms with Crippen LogP contribution < -0.4 is 5.73 Å². The summed E-state index contributed by atoms with van der Waals surface area (Å²) in [4.78, 5) is 1.11. The second kappa shape index (κ2) is 6.48. The fraction of sp³-hybridized carbons (Fsp3) is 0.143. The van der Waals surface area contributed by atoms with Crippen molar-refractivity contribution in [1.82, 2.24) is 0 Å². The standard InChI is InChI=1S/C14H13Cl2NS/c15-13-5-4-12(7-14(13)16)18-9-11-3-1-2-10(6-11)8-17/h1-7H,8-9,17H2. The fourth-order valence-corrected chi connectivity index (χ4v) is 2.82. The lowest BCUT2D eigenvalue weighted by Gasteiger charge is -2.05. The Kier molecular flexibility index (Phi) is 4.95. The third-order valence-electron chi connectivity index (χ3n) is 2.52. The molecule has 0 saturated carbocycles. The number of rotatable bonds is 4. The molecule has 4 heteroatoms. The predicted octanol–water partition coefficient (Wildman–Crippen LogP) is 4.74. The number of thioether (sulfide) groups is 1. The summed E-state index contributed by atoms with van der Waals surface area (Å²) in [5, 5.41) is 1.18. The van der Waals surface area contributed by atoms with Gasteiger partial charge in [0.25, 0.3) is 0 Å². The van der Waals surface area contributed by atoms with E-state index in [0.717, 1.165) is 16.2 Å². The summed E-state index contributed by atoms with van der Waals surface area (Å²) in [5.41, 5.74) is 8.04. The molecule has 0 aliphatic rings. The summed E-state index contributed by atoms with van der Waals surface area (Å²) in [6.45, 7) is 0.575. The summed E-state index contributed by atoms with van der Waals surface area (Å²) >= 11 is 13.6. The molecular formula is C14H13Cl2NS. The molecule has 1 nitrogen and oxygen atoms in total. The molecule has 94 valence electrons. The van der Waals surface area contributed by atoms with Crippen LogP contribution in [0.15, 0.2) is 47.4 Å². The Morgan fingerprint density at radius 3 is 2.44 bits per heavy atom. The van der Waals surface area contributed by atoms with Crippen LogP contribution in [0, 0.1) is 0 Å². The first-order chi connectivity index (χ1) is 8.69. The van der Waals surface area contributed by atoms with Crippen LogP contribution >= 0.6 is 35.0 Å². The maximum Gasteiger partial charge on any atom is 0.0603 e. The zero-order valence-electron chi connectivity index (χ0n) is 9.70. The Hall–Kier alpha value is -0.670. The molecular weight excluding hydrogens is 285 g/mol. The summed E-state index contributed by atoms with van der Waals surface area (Å²) in [6, 6.07) is 14.0. The first-order valence-electron chi connectivity index (χ1n) is 5.55. The second-order valence-corrected chi connectivity index (χ2v) is 5.75. The van der Waals surface area contributed by atoms with E-state index in [9.17, 15) is 0 Å². The third kappa shape index (κ3) is 3.66. The van der Waals surface area contributed by atoms with Crippen molar-refractivity contribution in [2.24, 2.45) is 5.73 Å². The van der Waals surface area contributed by atoms with Gasteiger partial charge in [0.05, 0.1) is 10.0 Å². The van der Waals surface area contributed by atoms with Gasteiger partial charge in [-0.15, -0.1) is 11.8 Å². The Balaban J connectivity index is 2.04. The van der Waals surface area contributed by atoms with Crippen molar-refractivity contribution in [3.63, 3.8) is 0 Å². The molecule has 0 spiro atoms. The van der Waals surface area contributed by atoms with Gasteiger partial charge in [0, 0.05) is 17.2 Å². The largest absolute Gasteiger partial charge is 0.326 e. The Morgan fingerprint density at radius 1 is 0.944 bits per heavy atom. The topological polar surface area (TPSA) is 26.0 Å². The van der Waals surface area contributed by atoms with E-state index in [1.165, 1.54) is 5.56 Å². The third-order valence-corrected chi connectivity index (χ3v) is 4.33. The predicted molar refractivity (Wildman–Crippen MR) is 80.4 cm³/mol. The highest BCUT2D eigenvalue weighted by atomic mass is 35.5. The van der Waals surface area contributed by atoms with Gasteiger partial charge >= 0.3 is 0 Å². The normalized spacial score (nSPS) is 10.6. The summed E-state index contributed by atoms with van der Waals surface area (Å²) in [7, 11) is 0. The highest BCUT2D eigenvalue weighted by molar-refractivity contribution is 7.98. The minimum atomic E-state index is 0.575. The summed E-state index contributed by atoms with van der Waals surface area (Å²) in [5.74, 6) is 0.895. The SMILES string of the molecule is NCc1cccc(CSc2ccc(Cl)c(Cl)c2)c1. The van der Waals surface area contributed by atoms with Crippen LogP contribution in [0.25, 0.3) is 0 Å². The minimum absolute atomic E-state index is 0.575. The molecule has 2 rings (SSSR count). The molecule has 0 radical (unpaired) electrons. The van der Waals surface area contributed by atoms with Crippen LogP contribution in [0.4, 0.5) is 0 Å².